The summed E-state index contributed by atoms with van der Waals surface area (Å²) in [5.41, 5.74) is 18.7. The Morgan fingerprint density at radius 3 is 2.45 bits per heavy atom. The summed E-state index contributed by atoms with van der Waals surface area (Å²) in [5, 5.41) is 0. The Balaban J connectivity index is 0.00000200. The molecular weight excluding hydrogens is 276 g/mol. The van der Waals surface area contributed by atoms with Crippen molar-refractivity contribution in [3.8, 4) is 0 Å². The topological polar surface area (TPSA) is 106 Å². The number of aliphatic imine (C=N–C) groups is 2. The van der Waals surface area contributed by atoms with Gasteiger partial charge in [-0.15, -0.1) is 12.4 Å². The van der Waals surface area contributed by atoms with Crippen molar-refractivity contribution in [2.24, 2.45) is 21.5 Å². The molecule has 0 saturated carbocycles. The van der Waals surface area contributed by atoms with E-state index in [2.05, 4.69) is 9.98 Å². The van der Waals surface area contributed by atoms with Gasteiger partial charge in [0.2, 0.25) is 5.96 Å². The SMILES string of the molecule is Cl.NC(=Nc1cccc(N)c1)N=C(N)N1CCCCC1. The highest BCUT2D eigenvalue weighted by Gasteiger charge is 2.12. The highest BCUT2D eigenvalue weighted by molar-refractivity contribution is 5.94. The van der Waals surface area contributed by atoms with Crippen molar-refractivity contribution in [1.82, 2.24) is 4.90 Å². The van der Waals surface area contributed by atoms with E-state index in [4.69, 9.17) is 17.2 Å². The number of likely N-dealkylation sites (tertiary alicyclic amines) is 1. The number of benzene rings is 1. The van der Waals surface area contributed by atoms with Crippen LogP contribution in [-0.4, -0.2) is 29.9 Å². The number of piperidine rings is 1. The smallest absolute Gasteiger partial charge is 0.223 e. The van der Waals surface area contributed by atoms with Crippen LogP contribution in [0, 0.1) is 0 Å². The summed E-state index contributed by atoms with van der Waals surface area (Å²) in [6.07, 6.45) is 3.53. The molecule has 0 atom stereocenters. The van der Waals surface area contributed by atoms with E-state index >= 15 is 0 Å². The second-order valence-electron chi connectivity index (χ2n) is 4.58. The third-order valence-electron chi connectivity index (χ3n) is 3.02. The number of rotatable bonds is 1. The summed E-state index contributed by atoms with van der Waals surface area (Å²) in [5.74, 6) is 0.582. The van der Waals surface area contributed by atoms with Crippen molar-refractivity contribution >= 4 is 35.7 Å². The lowest BCUT2D eigenvalue weighted by Gasteiger charge is -2.27. The van der Waals surface area contributed by atoms with Crippen LogP contribution in [0.3, 0.4) is 0 Å². The van der Waals surface area contributed by atoms with Crippen LogP contribution in [0.5, 0.6) is 0 Å². The zero-order valence-electron chi connectivity index (χ0n) is 11.3. The van der Waals surface area contributed by atoms with Crippen LogP contribution in [0.2, 0.25) is 0 Å². The minimum atomic E-state index is 0. The number of guanidine groups is 2. The maximum absolute atomic E-state index is 5.92. The molecule has 2 rings (SSSR count). The number of nitrogens with two attached hydrogens (primary N) is 3. The molecule has 7 heteroatoms. The Kier molecular flexibility index (Phi) is 6.11. The van der Waals surface area contributed by atoms with Crippen LogP contribution in [0.1, 0.15) is 19.3 Å². The van der Waals surface area contributed by atoms with E-state index in [-0.39, 0.29) is 18.4 Å². The molecule has 1 heterocycles. The zero-order chi connectivity index (χ0) is 13.7. The number of anilines is 1. The summed E-state index contributed by atoms with van der Waals surface area (Å²) >= 11 is 0. The standard InChI is InChI=1S/C13H20N6.ClH/c14-10-5-4-6-11(9-10)17-12(15)18-13(16)19-7-2-1-3-8-19;/h4-6,9H,1-3,7-8,14H2,(H4,15,16,17,18);1H. The second-order valence-corrected chi connectivity index (χ2v) is 4.58. The lowest BCUT2D eigenvalue weighted by Crippen LogP contribution is -2.41. The molecule has 0 radical (unpaired) electrons. The number of halogens is 1. The van der Waals surface area contributed by atoms with Gasteiger partial charge in [-0.25, -0.2) is 4.99 Å². The van der Waals surface area contributed by atoms with Crippen LogP contribution in [-0.2, 0) is 0 Å². The average Bonchev–Trinajstić information content (AvgIpc) is 2.39. The molecule has 0 bridgehead atoms. The Morgan fingerprint density at radius 2 is 1.80 bits per heavy atom. The largest absolute Gasteiger partial charge is 0.399 e. The molecule has 6 nitrogen and oxygen atoms in total. The van der Waals surface area contributed by atoms with Crippen LogP contribution < -0.4 is 17.2 Å². The molecular formula is C13H21ClN6. The molecule has 0 aromatic heterocycles. The Hall–Kier alpha value is -1.95. The quantitative estimate of drug-likeness (QED) is 0.414. The molecule has 1 aliphatic rings. The van der Waals surface area contributed by atoms with Crippen LogP contribution >= 0.6 is 12.4 Å². The monoisotopic (exact) mass is 296 g/mol. The van der Waals surface area contributed by atoms with Crippen molar-refractivity contribution in [2.75, 3.05) is 18.8 Å². The normalized spacial score (nSPS) is 16.7. The first kappa shape index (κ1) is 16.1. The molecule has 1 fully saturated rings. The first-order chi connectivity index (χ1) is 9.15. The third kappa shape index (κ3) is 4.62. The fourth-order valence-electron chi connectivity index (χ4n) is 2.06. The van der Waals surface area contributed by atoms with Gasteiger partial charge in [-0.1, -0.05) is 6.07 Å². The van der Waals surface area contributed by atoms with Gasteiger partial charge < -0.3 is 22.1 Å². The van der Waals surface area contributed by atoms with E-state index in [0.717, 1.165) is 25.9 Å². The molecule has 110 valence electrons. The fourth-order valence-corrected chi connectivity index (χ4v) is 2.06. The predicted octanol–water partition coefficient (Wildman–Crippen LogP) is 1.44. The van der Waals surface area contributed by atoms with Gasteiger partial charge in [-0.2, -0.15) is 4.99 Å². The molecule has 0 amide bonds. The molecule has 6 N–H and O–H groups in total. The van der Waals surface area contributed by atoms with Gasteiger partial charge in [-0.3, -0.25) is 0 Å². The van der Waals surface area contributed by atoms with Gasteiger partial charge in [-0.05, 0) is 37.5 Å². The van der Waals surface area contributed by atoms with Gasteiger partial charge in [0.1, 0.15) is 0 Å². The number of hydrogen-bond donors (Lipinski definition) is 3. The molecule has 1 aliphatic heterocycles. The van der Waals surface area contributed by atoms with Crippen molar-refractivity contribution < 1.29 is 0 Å². The highest BCUT2D eigenvalue weighted by atomic mass is 35.5. The van der Waals surface area contributed by atoms with Gasteiger partial charge >= 0.3 is 0 Å². The van der Waals surface area contributed by atoms with E-state index in [9.17, 15) is 0 Å². The van der Waals surface area contributed by atoms with Crippen molar-refractivity contribution in [3.63, 3.8) is 0 Å². The van der Waals surface area contributed by atoms with Gasteiger partial charge in [0.25, 0.3) is 0 Å². The minimum Gasteiger partial charge on any atom is -0.399 e. The zero-order valence-corrected chi connectivity index (χ0v) is 12.1. The first-order valence-electron chi connectivity index (χ1n) is 6.44. The maximum Gasteiger partial charge on any atom is 0.223 e. The minimum absolute atomic E-state index is 0. The molecule has 0 unspecified atom stereocenters. The summed E-state index contributed by atoms with van der Waals surface area (Å²) in [6.45, 7) is 1.86. The van der Waals surface area contributed by atoms with E-state index in [1.165, 1.54) is 6.42 Å². The Bertz CT molecular complexity index is 493. The Labute approximate surface area is 125 Å². The van der Waals surface area contributed by atoms with Crippen LogP contribution in [0.25, 0.3) is 0 Å². The van der Waals surface area contributed by atoms with Crippen molar-refractivity contribution in [2.45, 2.75) is 19.3 Å². The highest BCUT2D eigenvalue weighted by Crippen LogP contribution is 2.15. The van der Waals surface area contributed by atoms with Crippen molar-refractivity contribution in [3.05, 3.63) is 24.3 Å². The summed E-state index contributed by atoms with van der Waals surface area (Å²) in [4.78, 5) is 10.3. The summed E-state index contributed by atoms with van der Waals surface area (Å²) in [7, 11) is 0. The maximum atomic E-state index is 5.92. The Morgan fingerprint density at radius 1 is 1.10 bits per heavy atom. The van der Waals surface area contributed by atoms with E-state index < -0.39 is 0 Å². The van der Waals surface area contributed by atoms with Crippen LogP contribution in [0.15, 0.2) is 34.3 Å². The third-order valence-corrected chi connectivity index (χ3v) is 3.02. The lowest BCUT2D eigenvalue weighted by molar-refractivity contribution is 0.339. The van der Waals surface area contributed by atoms with Crippen molar-refractivity contribution in [1.29, 1.82) is 0 Å². The molecule has 1 saturated heterocycles. The fraction of sp³-hybridized carbons (Fsp3) is 0.385. The lowest BCUT2D eigenvalue weighted by atomic mass is 10.1. The molecule has 0 aliphatic carbocycles. The molecule has 1 aromatic rings. The summed E-state index contributed by atoms with van der Waals surface area (Å²) in [6, 6.07) is 7.16. The molecule has 20 heavy (non-hydrogen) atoms. The van der Waals surface area contributed by atoms with E-state index in [0.29, 0.717) is 17.3 Å². The number of nitrogen functional groups attached to an aromatic ring is 1. The van der Waals surface area contributed by atoms with Gasteiger partial charge in [0.05, 0.1) is 5.69 Å². The summed E-state index contributed by atoms with van der Waals surface area (Å²) < 4.78 is 0. The second kappa shape index (κ2) is 7.59. The number of nitrogens with zero attached hydrogens (tertiary/aromatic N) is 3. The molecule has 1 aromatic carbocycles. The van der Waals surface area contributed by atoms with Crippen LogP contribution in [0.4, 0.5) is 11.4 Å². The predicted molar refractivity (Wildman–Crippen MR) is 86.4 cm³/mol. The van der Waals surface area contributed by atoms with E-state index in [1.54, 1.807) is 12.1 Å². The first-order valence-corrected chi connectivity index (χ1v) is 6.44. The van der Waals surface area contributed by atoms with E-state index in [1.807, 2.05) is 17.0 Å². The number of hydrogen-bond acceptors (Lipinski definition) is 2. The average molecular weight is 297 g/mol. The van der Waals surface area contributed by atoms with Gasteiger partial charge in [0, 0.05) is 18.8 Å². The van der Waals surface area contributed by atoms with Gasteiger partial charge in [0.15, 0.2) is 5.96 Å². The molecule has 0 spiro atoms.